The van der Waals surface area contributed by atoms with Gasteiger partial charge in [0, 0.05) is 0 Å². The molecule has 1 heterocycles. The molecule has 0 saturated heterocycles. The van der Waals surface area contributed by atoms with Crippen molar-refractivity contribution in [3.8, 4) is 6.07 Å². The molecule has 0 radical (unpaired) electrons. The van der Waals surface area contributed by atoms with E-state index < -0.39 is 5.92 Å². The molecule has 1 amide bonds. The number of carbonyl (C=O) groups is 1. The van der Waals surface area contributed by atoms with E-state index in [4.69, 9.17) is 9.68 Å². The summed E-state index contributed by atoms with van der Waals surface area (Å²) >= 11 is 0. The van der Waals surface area contributed by atoms with Crippen molar-refractivity contribution >= 4 is 5.91 Å². The first-order valence-electron chi connectivity index (χ1n) is 4.36. The molecule has 1 rings (SSSR count). The zero-order valence-corrected chi connectivity index (χ0v) is 8.20. The van der Waals surface area contributed by atoms with Crippen LogP contribution in [-0.2, 0) is 11.3 Å². The van der Waals surface area contributed by atoms with Gasteiger partial charge >= 0.3 is 0 Å². The molecule has 0 aliphatic rings. The van der Waals surface area contributed by atoms with Crippen molar-refractivity contribution in [1.29, 1.82) is 5.26 Å². The fraction of sp³-hybridized carbons (Fsp3) is 0.400. The fourth-order valence-corrected chi connectivity index (χ4v) is 0.966. The standard InChI is InChI=1S/C10H12N2O2/c1-7(5-11)10(13)12-6-9-4-3-8(2)14-9/h3-4,7H,6H2,1-2H3,(H,12,13). The van der Waals surface area contributed by atoms with Crippen molar-refractivity contribution < 1.29 is 9.21 Å². The number of carbonyl (C=O) groups excluding carboxylic acids is 1. The van der Waals surface area contributed by atoms with Gasteiger partial charge in [-0.25, -0.2) is 0 Å². The van der Waals surface area contributed by atoms with E-state index in [0.29, 0.717) is 12.3 Å². The first-order chi connectivity index (χ1) is 6.63. The summed E-state index contributed by atoms with van der Waals surface area (Å²) in [5.74, 6) is 0.608. The Kier molecular flexibility index (Phi) is 3.29. The van der Waals surface area contributed by atoms with E-state index >= 15 is 0 Å². The van der Waals surface area contributed by atoms with E-state index in [0.717, 1.165) is 5.76 Å². The van der Waals surface area contributed by atoms with Crippen LogP contribution in [0.2, 0.25) is 0 Å². The van der Waals surface area contributed by atoms with Gasteiger partial charge in [-0.15, -0.1) is 0 Å². The number of furan rings is 1. The fourth-order valence-electron chi connectivity index (χ4n) is 0.966. The van der Waals surface area contributed by atoms with Crippen LogP contribution in [-0.4, -0.2) is 5.91 Å². The zero-order chi connectivity index (χ0) is 10.6. The van der Waals surface area contributed by atoms with E-state index in [1.807, 2.05) is 19.1 Å². The van der Waals surface area contributed by atoms with Gasteiger partial charge in [0.15, 0.2) is 0 Å². The van der Waals surface area contributed by atoms with E-state index in [1.165, 1.54) is 0 Å². The van der Waals surface area contributed by atoms with E-state index in [2.05, 4.69) is 5.32 Å². The number of nitrogens with zero attached hydrogens (tertiary/aromatic N) is 1. The molecule has 0 bridgehead atoms. The van der Waals surface area contributed by atoms with Crippen LogP contribution < -0.4 is 5.32 Å². The first kappa shape index (κ1) is 10.3. The van der Waals surface area contributed by atoms with Crippen LogP contribution in [0, 0.1) is 24.2 Å². The van der Waals surface area contributed by atoms with Crippen LogP contribution in [0.25, 0.3) is 0 Å². The third-order valence-corrected chi connectivity index (χ3v) is 1.82. The molecule has 1 aromatic rings. The van der Waals surface area contributed by atoms with Crippen molar-refractivity contribution in [1.82, 2.24) is 5.32 Å². The monoisotopic (exact) mass is 192 g/mol. The molecular formula is C10H12N2O2. The van der Waals surface area contributed by atoms with Gasteiger partial charge in [0.2, 0.25) is 5.91 Å². The second kappa shape index (κ2) is 4.47. The van der Waals surface area contributed by atoms with Crippen LogP contribution in [0.5, 0.6) is 0 Å². The highest BCUT2D eigenvalue weighted by Gasteiger charge is 2.11. The average molecular weight is 192 g/mol. The van der Waals surface area contributed by atoms with Gasteiger partial charge in [0.25, 0.3) is 0 Å². The zero-order valence-electron chi connectivity index (χ0n) is 8.20. The first-order valence-corrected chi connectivity index (χ1v) is 4.36. The second-order valence-corrected chi connectivity index (χ2v) is 3.08. The largest absolute Gasteiger partial charge is 0.465 e. The molecular weight excluding hydrogens is 180 g/mol. The third kappa shape index (κ3) is 2.63. The number of nitrogens with one attached hydrogen (secondary N) is 1. The molecule has 0 aliphatic carbocycles. The summed E-state index contributed by atoms with van der Waals surface area (Å²) in [6, 6.07) is 5.49. The van der Waals surface area contributed by atoms with Crippen molar-refractivity contribution in [3.63, 3.8) is 0 Å². The lowest BCUT2D eigenvalue weighted by Crippen LogP contribution is -2.27. The van der Waals surface area contributed by atoms with Gasteiger partial charge in [-0.1, -0.05) is 0 Å². The Balaban J connectivity index is 2.42. The van der Waals surface area contributed by atoms with Crippen molar-refractivity contribution in [2.45, 2.75) is 20.4 Å². The number of rotatable bonds is 3. The summed E-state index contributed by atoms with van der Waals surface area (Å²) in [7, 11) is 0. The van der Waals surface area contributed by atoms with Gasteiger partial charge in [-0.2, -0.15) is 5.26 Å². The van der Waals surface area contributed by atoms with Gasteiger partial charge < -0.3 is 9.73 Å². The molecule has 0 saturated carbocycles. The minimum atomic E-state index is -0.619. The van der Waals surface area contributed by atoms with Gasteiger partial charge in [0.05, 0.1) is 12.6 Å². The molecule has 1 N–H and O–H groups in total. The van der Waals surface area contributed by atoms with Gasteiger partial charge in [0.1, 0.15) is 17.4 Å². The predicted octanol–water partition coefficient (Wildman–Crippen LogP) is 1.36. The normalized spacial score (nSPS) is 11.8. The Labute approximate surface area is 82.5 Å². The summed E-state index contributed by atoms with van der Waals surface area (Å²) in [6.07, 6.45) is 0. The van der Waals surface area contributed by atoms with Crippen LogP contribution in [0.3, 0.4) is 0 Å². The summed E-state index contributed by atoms with van der Waals surface area (Å²) in [5.41, 5.74) is 0. The molecule has 4 heteroatoms. The smallest absolute Gasteiger partial charge is 0.237 e. The molecule has 0 aliphatic heterocycles. The molecule has 74 valence electrons. The van der Waals surface area contributed by atoms with Crippen LogP contribution >= 0.6 is 0 Å². The van der Waals surface area contributed by atoms with Gasteiger partial charge in [-0.05, 0) is 26.0 Å². The topological polar surface area (TPSA) is 66.0 Å². The van der Waals surface area contributed by atoms with E-state index in [1.54, 1.807) is 13.0 Å². The lowest BCUT2D eigenvalue weighted by atomic mass is 10.2. The van der Waals surface area contributed by atoms with Crippen LogP contribution in [0.15, 0.2) is 16.5 Å². The van der Waals surface area contributed by atoms with Crippen molar-refractivity contribution in [2.24, 2.45) is 5.92 Å². The molecule has 0 aromatic carbocycles. The molecule has 14 heavy (non-hydrogen) atoms. The summed E-state index contributed by atoms with van der Waals surface area (Å²) < 4.78 is 5.25. The molecule has 1 unspecified atom stereocenters. The quantitative estimate of drug-likeness (QED) is 0.786. The number of nitriles is 1. The maximum absolute atomic E-state index is 11.2. The Bertz CT molecular complexity index is 362. The van der Waals surface area contributed by atoms with Crippen LogP contribution in [0.1, 0.15) is 18.4 Å². The highest BCUT2D eigenvalue weighted by atomic mass is 16.3. The Morgan fingerprint density at radius 1 is 1.71 bits per heavy atom. The SMILES string of the molecule is Cc1ccc(CNC(=O)C(C)C#N)o1. The van der Waals surface area contributed by atoms with Crippen molar-refractivity contribution in [2.75, 3.05) is 0 Å². The van der Waals surface area contributed by atoms with E-state index in [9.17, 15) is 4.79 Å². The van der Waals surface area contributed by atoms with E-state index in [-0.39, 0.29) is 5.91 Å². The van der Waals surface area contributed by atoms with Crippen LogP contribution in [0.4, 0.5) is 0 Å². The highest BCUT2D eigenvalue weighted by molar-refractivity contribution is 5.80. The lowest BCUT2D eigenvalue weighted by Gasteiger charge is -2.03. The molecule has 4 nitrogen and oxygen atoms in total. The maximum Gasteiger partial charge on any atom is 0.237 e. The second-order valence-electron chi connectivity index (χ2n) is 3.08. The minimum Gasteiger partial charge on any atom is -0.465 e. The average Bonchev–Trinajstić information content (AvgIpc) is 2.59. The Hall–Kier alpha value is -1.76. The molecule has 1 aromatic heterocycles. The maximum atomic E-state index is 11.2. The lowest BCUT2D eigenvalue weighted by molar-refractivity contribution is -0.123. The Morgan fingerprint density at radius 2 is 2.43 bits per heavy atom. The minimum absolute atomic E-state index is 0.276. The van der Waals surface area contributed by atoms with Gasteiger partial charge in [-0.3, -0.25) is 4.79 Å². The number of hydrogen-bond acceptors (Lipinski definition) is 3. The molecule has 0 spiro atoms. The summed E-state index contributed by atoms with van der Waals surface area (Å²) in [6.45, 7) is 3.73. The number of aryl methyl sites for hydroxylation is 1. The van der Waals surface area contributed by atoms with Crippen molar-refractivity contribution in [3.05, 3.63) is 23.7 Å². The summed E-state index contributed by atoms with van der Waals surface area (Å²) in [4.78, 5) is 11.2. The predicted molar refractivity (Wildman–Crippen MR) is 50.1 cm³/mol. The number of amides is 1. The molecule has 1 atom stereocenters. The third-order valence-electron chi connectivity index (χ3n) is 1.82. The summed E-state index contributed by atoms with van der Waals surface area (Å²) in [5, 5.41) is 11.1. The molecule has 0 fully saturated rings. The highest BCUT2D eigenvalue weighted by Crippen LogP contribution is 2.05. The number of hydrogen-bond donors (Lipinski definition) is 1. The Morgan fingerprint density at radius 3 is 2.93 bits per heavy atom.